The molecule has 0 unspecified atom stereocenters. The Hall–Kier alpha value is -3.97. The van der Waals surface area contributed by atoms with Gasteiger partial charge in [-0.1, -0.05) is 47.5 Å². The zero-order chi connectivity index (χ0) is 22.2. The van der Waals surface area contributed by atoms with Crippen LogP contribution in [-0.2, 0) is 9.59 Å². The molecule has 0 bridgehead atoms. The third-order valence-electron chi connectivity index (χ3n) is 4.02. The third kappa shape index (κ3) is 6.52. The van der Waals surface area contributed by atoms with Gasteiger partial charge in [0.25, 0.3) is 0 Å². The Kier molecular flexibility index (Phi) is 7.13. The lowest BCUT2D eigenvalue weighted by Gasteiger charge is -2.05. The second kappa shape index (κ2) is 10.2. The molecule has 0 aliphatic heterocycles. The number of hydrazone groups is 1. The summed E-state index contributed by atoms with van der Waals surface area (Å²) < 4.78 is 5.36. The second-order valence-corrected chi connectivity index (χ2v) is 6.93. The third-order valence-corrected chi connectivity index (χ3v) is 4.26. The summed E-state index contributed by atoms with van der Waals surface area (Å²) in [7, 11) is 0. The number of hydrogen-bond acceptors (Lipinski definition) is 5. The van der Waals surface area contributed by atoms with Gasteiger partial charge in [0.1, 0.15) is 5.75 Å². The molecule has 0 heterocycles. The number of amides is 2. The van der Waals surface area contributed by atoms with Gasteiger partial charge < -0.3 is 10.1 Å². The van der Waals surface area contributed by atoms with Crippen molar-refractivity contribution in [3.05, 3.63) is 94.5 Å². The number of carbonyl (C=O) groups excluding carboxylic acids is 3. The standard InChI is InChI=1S/C23H18ClN3O4/c1-15-8-10-17(11-9-15)23(30)31-20-7-2-4-16(12-20)14-25-27-22(29)21(28)26-19-6-3-5-18(24)13-19/h2-14H,1H3,(H,26,28)(H,27,29)/b25-14+. The number of halogens is 1. The average molecular weight is 436 g/mol. The van der Waals surface area contributed by atoms with Crippen molar-refractivity contribution >= 4 is 41.3 Å². The first kappa shape index (κ1) is 21.7. The molecule has 0 spiro atoms. The van der Waals surface area contributed by atoms with Crippen molar-refractivity contribution in [2.75, 3.05) is 5.32 Å². The zero-order valence-corrected chi connectivity index (χ0v) is 17.2. The van der Waals surface area contributed by atoms with Gasteiger partial charge in [-0.05, 0) is 55.0 Å². The van der Waals surface area contributed by atoms with Crippen molar-refractivity contribution in [3.63, 3.8) is 0 Å². The van der Waals surface area contributed by atoms with Crippen LogP contribution >= 0.6 is 11.6 Å². The predicted octanol–water partition coefficient (Wildman–Crippen LogP) is 3.96. The molecule has 0 aliphatic carbocycles. The van der Waals surface area contributed by atoms with E-state index in [9.17, 15) is 14.4 Å². The van der Waals surface area contributed by atoms with Gasteiger partial charge in [0.15, 0.2) is 0 Å². The van der Waals surface area contributed by atoms with E-state index in [0.29, 0.717) is 27.6 Å². The van der Waals surface area contributed by atoms with Crippen LogP contribution in [0.4, 0.5) is 5.69 Å². The van der Waals surface area contributed by atoms with E-state index in [1.807, 2.05) is 19.1 Å². The van der Waals surface area contributed by atoms with Crippen LogP contribution in [0.25, 0.3) is 0 Å². The van der Waals surface area contributed by atoms with Crippen LogP contribution in [0.1, 0.15) is 21.5 Å². The summed E-state index contributed by atoms with van der Waals surface area (Å²) in [6.45, 7) is 1.93. The first-order valence-corrected chi connectivity index (χ1v) is 9.57. The van der Waals surface area contributed by atoms with Gasteiger partial charge >= 0.3 is 17.8 Å². The summed E-state index contributed by atoms with van der Waals surface area (Å²) in [5.74, 6) is -2.00. The summed E-state index contributed by atoms with van der Waals surface area (Å²) >= 11 is 5.84. The minimum atomic E-state index is -0.946. The number of nitrogens with one attached hydrogen (secondary N) is 2. The van der Waals surface area contributed by atoms with Crippen molar-refractivity contribution < 1.29 is 19.1 Å². The molecule has 0 fully saturated rings. The van der Waals surface area contributed by atoms with Crippen molar-refractivity contribution in [1.82, 2.24) is 5.43 Å². The molecule has 0 radical (unpaired) electrons. The van der Waals surface area contributed by atoms with Gasteiger partial charge in [-0.3, -0.25) is 9.59 Å². The molecule has 3 aromatic rings. The molecule has 7 nitrogen and oxygen atoms in total. The van der Waals surface area contributed by atoms with Crippen LogP contribution in [0.3, 0.4) is 0 Å². The van der Waals surface area contributed by atoms with E-state index in [1.165, 1.54) is 12.3 Å². The van der Waals surface area contributed by atoms with Crippen molar-refractivity contribution in [3.8, 4) is 5.75 Å². The van der Waals surface area contributed by atoms with E-state index in [2.05, 4.69) is 15.8 Å². The Morgan fingerprint density at radius 1 is 0.935 bits per heavy atom. The summed E-state index contributed by atoms with van der Waals surface area (Å²) in [5, 5.41) is 6.60. The lowest BCUT2D eigenvalue weighted by molar-refractivity contribution is -0.136. The molecule has 0 atom stereocenters. The maximum atomic E-state index is 12.2. The fraction of sp³-hybridized carbons (Fsp3) is 0.0435. The largest absolute Gasteiger partial charge is 0.423 e. The fourth-order valence-electron chi connectivity index (χ4n) is 2.48. The van der Waals surface area contributed by atoms with Crippen molar-refractivity contribution in [1.29, 1.82) is 0 Å². The molecule has 2 N–H and O–H groups in total. The highest BCUT2D eigenvalue weighted by molar-refractivity contribution is 6.39. The van der Waals surface area contributed by atoms with E-state index in [1.54, 1.807) is 54.6 Å². The SMILES string of the molecule is Cc1ccc(C(=O)Oc2cccc(/C=N/NC(=O)C(=O)Nc3cccc(Cl)c3)c2)cc1. The van der Waals surface area contributed by atoms with Crippen LogP contribution in [0.2, 0.25) is 5.02 Å². The average Bonchev–Trinajstić information content (AvgIpc) is 2.74. The monoisotopic (exact) mass is 435 g/mol. The first-order chi connectivity index (χ1) is 14.9. The van der Waals surface area contributed by atoms with Gasteiger partial charge in [-0.25, -0.2) is 10.2 Å². The summed E-state index contributed by atoms with van der Waals surface area (Å²) in [6, 6.07) is 20.0. The molecule has 0 aliphatic rings. The topological polar surface area (TPSA) is 96.9 Å². The van der Waals surface area contributed by atoms with Gasteiger partial charge in [0.05, 0.1) is 11.8 Å². The lowest BCUT2D eigenvalue weighted by Crippen LogP contribution is -2.32. The number of esters is 1. The summed E-state index contributed by atoms with van der Waals surface area (Å²) in [6.07, 6.45) is 1.33. The minimum Gasteiger partial charge on any atom is -0.423 e. The highest BCUT2D eigenvalue weighted by atomic mass is 35.5. The Morgan fingerprint density at radius 2 is 1.68 bits per heavy atom. The van der Waals surface area contributed by atoms with Crippen LogP contribution in [0.15, 0.2) is 77.9 Å². The predicted molar refractivity (Wildman–Crippen MR) is 118 cm³/mol. The number of carbonyl (C=O) groups is 3. The van der Waals surface area contributed by atoms with Crippen molar-refractivity contribution in [2.45, 2.75) is 6.92 Å². The van der Waals surface area contributed by atoms with Gasteiger partial charge in [0, 0.05) is 10.7 Å². The minimum absolute atomic E-state index is 0.319. The highest BCUT2D eigenvalue weighted by Gasteiger charge is 2.13. The quantitative estimate of drug-likeness (QED) is 0.208. The summed E-state index contributed by atoms with van der Waals surface area (Å²) in [5.41, 5.74) is 4.56. The molecule has 0 saturated carbocycles. The number of rotatable bonds is 5. The first-order valence-electron chi connectivity index (χ1n) is 9.19. The van der Waals surface area contributed by atoms with Gasteiger partial charge in [-0.2, -0.15) is 5.10 Å². The maximum absolute atomic E-state index is 12.2. The molecule has 156 valence electrons. The zero-order valence-electron chi connectivity index (χ0n) is 16.5. The molecule has 3 rings (SSSR count). The Balaban J connectivity index is 1.56. The highest BCUT2D eigenvalue weighted by Crippen LogP contribution is 2.16. The molecule has 2 amide bonds. The van der Waals surface area contributed by atoms with E-state index >= 15 is 0 Å². The molecule has 0 saturated heterocycles. The van der Waals surface area contributed by atoms with E-state index in [-0.39, 0.29) is 0 Å². The number of ether oxygens (including phenoxy) is 1. The molecule has 8 heteroatoms. The second-order valence-electron chi connectivity index (χ2n) is 6.49. The number of anilines is 1. The van der Waals surface area contributed by atoms with Crippen LogP contribution in [-0.4, -0.2) is 24.0 Å². The fourth-order valence-corrected chi connectivity index (χ4v) is 2.67. The van der Waals surface area contributed by atoms with Gasteiger partial charge in [0.2, 0.25) is 0 Å². The molecule has 3 aromatic carbocycles. The number of nitrogens with zero attached hydrogens (tertiary/aromatic N) is 1. The van der Waals surface area contributed by atoms with E-state index in [0.717, 1.165) is 5.56 Å². The lowest BCUT2D eigenvalue weighted by atomic mass is 10.1. The van der Waals surface area contributed by atoms with E-state index in [4.69, 9.17) is 16.3 Å². The van der Waals surface area contributed by atoms with Crippen LogP contribution < -0.4 is 15.5 Å². The van der Waals surface area contributed by atoms with Gasteiger partial charge in [-0.15, -0.1) is 0 Å². The number of aryl methyl sites for hydroxylation is 1. The normalized spacial score (nSPS) is 10.5. The van der Waals surface area contributed by atoms with Crippen molar-refractivity contribution in [2.24, 2.45) is 5.10 Å². The molecule has 0 aromatic heterocycles. The maximum Gasteiger partial charge on any atom is 0.343 e. The Morgan fingerprint density at radius 3 is 2.42 bits per heavy atom. The van der Waals surface area contributed by atoms with E-state index < -0.39 is 17.8 Å². The summed E-state index contributed by atoms with van der Waals surface area (Å²) in [4.78, 5) is 36.0. The Labute approximate surface area is 183 Å². The number of benzene rings is 3. The molecule has 31 heavy (non-hydrogen) atoms. The molecular formula is C23H18ClN3O4. The molecular weight excluding hydrogens is 418 g/mol. The Bertz CT molecular complexity index is 1140. The van der Waals surface area contributed by atoms with Crippen LogP contribution in [0.5, 0.6) is 5.75 Å². The number of hydrogen-bond donors (Lipinski definition) is 2. The van der Waals surface area contributed by atoms with Crippen LogP contribution in [0, 0.1) is 6.92 Å². The smallest absolute Gasteiger partial charge is 0.343 e.